The summed E-state index contributed by atoms with van der Waals surface area (Å²) in [5.41, 5.74) is 0. The lowest BCUT2D eigenvalue weighted by atomic mass is 9.77. The van der Waals surface area contributed by atoms with Crippen LogP contribution in [0.2, 0.25) is 0 Å². The number of amides is 1. The van der Waals surface area contributed by atoms with Crippen molar-refractivity contribution < 1.29 is 19.4 Å². The summed E-state index contributed by atoms with van der Waals surface area (Å²) in [6.07, 6.45) is 10.9. The molecular formula is C19H32N2O4. The molecular weight excluding hydrogens is 320 g/mol. The van der Waals surface area contributed by atoms with E-state index in [0.717, 1.165) is 45.2 Å². The molecule has 0 unspecified atom stereocenters. The van der Waals surface area contributed by atoms with Crippen molar-refractivity contribution in [3.8, 4) is 0 Å². The molecule has 2 aliphatic heterocycles. The van der Waals surface area contributed by atoms with Crippen molar-refractivity contribution in [2.45, 2.75) is 64.1 Å². The molecule has 0 radical (unpaired) electrons. The van der Waals surface area contributed by atoms with E-state index in [4.69, 9.17) is 9.84 Å². The number of aliphatic carboxylic acids is 1. The van der Waals surface area contributed by atoms with Crippen molar-refractivity contribution >= 4 is 11.9 Å². The number of hydrogen-bond acceptors (Lipinski definition) is 4. The van der Waals surface area contributed by atoms with Gasteiger partial charge >= 0.3 is 5.97 Å². The first-order valence-corrected chi connectivity index (χ1v) is 9.61. The lowest BCUT2D eigenvalue weighted by Gasteiger charge is -2.27. The summed E-state index contributed by atoms with van der Waals surface area (Å²) in [6, 6.07) is 0. The minimum Gasteiger partial charge on any atom is -0.481 e. The van der Waals surface area contributed by atoms with Crippen molar-refractivity contribution in [3.63, 3.8) is 0 Å². The van der Waals surface area contributed by atoms with Crippen LogP contribution in [0.5, 0.6) is 0 Å². The molecule has 0 aromatic carbocycles. The number of unbranched alkanes of at least 4 members (excludes halogenated alkanes) is 1. The summed E-state index contributed by atoms with van der Waals surface area (Å²) >= 11 is 0. The molecule has 0 aromatic heterocycles. The van der Waals surface area contributed by atoms with Gasteiger partial charge in [-0.3, -0.25) is 9.59 Å². The molecule has 2 saturated heterocycles. The van der Waals surface area contributed by atoms with Crippen LogP contribution < -0.4 is 10.6 Å². The molecule has 3 N–H and O–H groups in total. The molecule has 0 aliphatic carbocycles. The average Bonchev–Trinajstić information content (AvgIpc) is 3.18. The fourth-order valence-corrected chi connectivity index (χ4v) is 3.90. The summed E-state index contributed by atoms with van der Waals surface area (Å²) in [5, 5.41) is 14.8. The smallest absolute Gasteiger partial charge is 0.303 e. The standard InChI is InChI=1S/C19H32N2O4/c1-2-11-21-18(22)13-20-12-15-14(16-9-10-17(15)25-16)7-5-3-4-6-8-19(23)24/h3,5,14-17,20H,2,4,6-13H2,1H3,(H,21,22)(H,23,24)/t14-,15+,16-,17+/m1/s1. The summed E-state index contributed by atoms with van der Waals surface area (Å²) < 4.78 is 6.08. The maximum atomic E-state index is 11.7. The number of carboxylic acid groups (broad SMARTS) is 1. The third-order valence-corrected chi connectivity index (χ3v) is 5.16. The normalized spacial score (nSPS) is 27.9. The number of carbonyl (C=O) groups is 2. The molecule has 142 valence electrons. The summed E-state index contributed by atoms with van der Waals surface area (Å²) in [4.78, 5) is 22.2. The number of nitrogens with one attached hydrogen (secondary N) is 2. The summed E-state index contributed by atoms with van der Waals surface area (Å²) in [5.74, 6) is 0.284. The second-order valence-electron chi connectivity index (χ2n) is 7.09. The van der Waals surface area contributed by atoms with Crippen LogP contribution in [0.1, 0.15) is 51.9 Å². The van der Waals surface area contributed by atoms with E-state index >= 15 is 0 Å². The number of rotatable bonds is 12. The number of allylic oxidation sites excluding steroid dienone is 2. The van der Waals surface area contributed by atoms with Gasteiger partial charge in [0.1, 0.15) is 0 Å². The highest BCUT2D eigenvalue weighted by Crippen LogP contribution is 2.44. The van der Waals surface area contributed by atoms with Gasteiger partial charge in [-0.25, -0.2) is 0 Å². The maximum Gasteiger partial charge on any atom is 0.303 e. The van der Waals surface area contributed by atoms with Gasteiger partial charge in [-0.05, 0) is 44.4 Å². The van der Waals surface area contributed by atoms with E-state index in [9.17, 15) is 9.59 Å². The van der Waals surface area contributed by atoms with E-state index in [-0.39, 0.29) is 12.3 Å². The molecule has 1 amide bonds. The Bertz CT molecular complexity index is 466. The van der Waals surface area contributed by atoms with Crippen LogP contribution >= 0.6 is 0 Å². The molecule has 0 saturated carbocycles. The second-order valence-corrected chi connectivity index (χ2v) is 7.09. The average molecular weight is 352 g/mol. The van der Waals surface area contributed by atoms with Gasteiger partial charge in [0.15, 0.2) is 0 Å². The number of carbonyl (C=O) groups excluding carboxylic acids is 1. The number of hydrogen-bond donors (Lipinski definition) is 3. The van der Waals surface area contributed by atoms with Crippen LogP contribution in [0.3, 0.4) is 0 Å². The molecule has 2 bridgehead atoms. The van der Waals surface area contributed by atoms with Gasteiger partial charge in [0, 0.05) is 25.4 Å². The van der Waals surface area contributed by atoms with Gasteiger partial charge < -0.3 is 20.5 Å². The Labute approximate surface area is 150 Å². The molecule has 0 spiro atoms. The van der Waals surface area contributed by atoms with Crippen LogP contribution in [0.25, 0.3) is 0 Å². The first-order chi connectivity index (χ1) is 12.1. The van der Waals surface area contributed by atoms with Crippen molar-refractivity contribution in [1.82, 2.24) is 10.6 Å². The predicted octanol–water partition coefficient (Wildman–Crippen LogP) is 2.10. The lowest BCUT2D eigenvalue weighted by molar-refractivity contribution is -0.137. The molecule has 2 rings (SSSR count). The highest BCUT2D eigenvalue weighted by Gasteiger charge is 2.47. The third-order valence-electron chi connectivity index (χ3n) is 5.16. The minimum absolute atomic E-state index is 0.0563. The van der Waals surface area contributed by atoms with Crippen LogP contribution in [0, 0.1) is 11.8 Å². The first-order valence-electron chi connectivity index (χ1n) is 9.61. The molecule has 2 aliphatic rings. The van der Waals surface area contributed by atoms with E-state index in [1.165, 1.54) is 0 Å². The molecule has 6 nitrogen and oxygen atoms in total. The van der Waals surface area contributed by atoms with E-state index in [0.29, 0.717) is 37.0 Å². The fourth-order valence-electron chi connectivity index (χ4n) is 3.90. The number of carboxylic acids is 1. The van der Waals surface area contributed by atoms with E-state index < -0.39 is 5.97 Å². The van der Waals surface area contributed by atoms with Crippen molar-refractivity contribution in [3.05, 3.63) is 12.2 Å². The van der Waals surface area contributed by atoms with Crippen LogP contribution in [0.4, 0.5) is 0 Å². The van der Waals surface area contributed by atoms with Crippen molar-refractivity contribution in [2.75, 3.05) is 19.6 Å². The molecule has 6 heteroatoms. The van der Waals surface area contributed by atoms with Gasteiger partial charge in [0.2, 0.25) is 5.91 Å². The van der Waals surface area contributed by atoms with E-state index in [1.807, 2.05) is 6.92 Å². The first kappa shape index (κ1) is 19.9. The Morgan fingerprint density at radius 2 is 1.96 bits per heavy atom. The highest BCUT2D eigenvalue weighted by atomic mass is 16.5. The SMILES string of the molecule is CCCNC(=O)CNC[C@H]1[C@@H](CC=CCCCC(=O)O)[C@H]2CC[C@@H]1O2. The van der Waals surface area contributed by atoms with Crippen LogP contribution in [-0.4, -0.2) is 48.8 Å². The van der Waals surface area contributed by atoms with Crippen molar-refractivity contribution in [2.24, 2.45) is 11.8 Å². The summed E-state index contributed by atoms with van der Waals surface area (Å²) in [6.45, 7) is 3.96. The number of fused-ring (bicyclic) bond motifs is 2. The molecule has 25 heavy (non-hydrogen) atoms. The topological polar surface area (TPSA) is 87.7 Å². The minimum atomic E-state index is -0.732. The van der Waals surface area contributed by atoms with Crippen LogP contribution in [0.15, 0.2) is 12.2 Å². The number of ether oxygens (including phenoxy) is 1. The third kappa shape index (κ3) is 6.44. The largest absolute Gasteiger partial charge is 0.481 e. The predicted molar refractivity (Wildman–Crippen MR) is 96.3 cm³/mol. The Kier molecular flexibility index (Phi) is 8.41. The van der Waals surface area contributed by atoms with Gasteiger partial charge in [-0.1, -0.05) is 19.1 Å². The molecule has 0 aromatic rings. The van der Waals surface area contributed by atoms with Gasteiger partial charge in [-0.2, -0.15) is 0 Å². The molecule has 4 atom stereocenters. The fraction of sp³-hybridized carbons (Fsp3) is 0.789. The zero-order valence-corrected chi connectivity index (χ0v) is 15.2. The van der Waals surface area contributed by atoms with Crippen molar-refractivity contribution in [1.29, 1.82) is 0 Å². The lowest BCUT2D eigenvalue weighted by Crippen LogP contribution is -2.40. The van der Waals surface area contributed by atoms with E-state index in [1.54, 1.807) is 0 Å². The molecule has 2 heterocycles. The van der Waals surface area contributed by atoms with Gasteiger partial charge in [-0.15, -0.1) is 0 Å². The van der Waals surface area contributed by atoms with E-state index in [2.05, 4.69) is 22.8 Å². The zero-order chi connectivity index (χ0) is 18.1. The maximum absolute atomic E-state index is 11.7. The highest BCUT2D eigenvalue weighted by molar-refractivity contribution is 5.77. The Morgan fingerprint density at radius 3 is 2.68 bits per heavy atom. The molecule has 2 fully saturated rings. The quantitative estimate of drug-likeness (QED) is 0.370. The van der Waals surface area contributed by atoms with Crippen LogP contribution in [-0.2, 0) is 14.3 Å². The van der Waals surface area contributed by atoms with Gasteiger partial charge in [0.05, 0.1) is 18.8 Å². The summed E-state index contributed by atoms with van der Waals surface area (Å²) in [7, 11) is 0. The second kappa shape index (κ2) is 10.6. The monoisotopic (exact) mass is 352 g/mol. The Morgan fingerprint density at radius 1 is 1.20 bits per heavy atom. The zero-order valence-electron chi connectivity index (χ0n) is 15.2. The van der Waals surface area contributed by atoms with Gasteiger partial charge in [0.25, 0.3) is 0 Å². The Hall–Kier alpha value is -1.40. The Balaban J connectivity index is 1.70.